The van der Waals surface area contributed by atoms with Crippen molar-refractivity contribution in [1.82, 2.24) is 19.8 Å². The third kappa shape index (κ3) is 3.17. The fraction of sp³-hybridized carbons (Fsp3) is 0.529. The van der Waals surface area contributed by atoms with Crippen LogP contribution >= 0.6 is 0 Å². The Balaban J connectivity index is 1.85. The first-order valence-electron chi connectivity index (χ1n) is 8.41. The van der Waals surface area contributed by atoms with E-state index in [9.17, 15) is 9.59 Å². The highest BCUT2D eigenvalue weighted by Crippen LogP contribution is 2.14. The summed E-state index contributed by atoms with van der Waals surface area (Å²) in [6.45, 7) is 5.26. The molecule has 0 atom stereocenters. The second kappa shape index (κ2) is 7.00. The van der Waals surface area contributed by atoms with Crippen molar-refractivity contribution in [2.45, 2.75) is 32.7 Å². The molecule has 2 heterocycles. The van der Waals surface area contributed by atoms with E-state index in [1.807, 2.05) is 31.2 Å². The summed E-state index contributed by atoms with van der Waals surface area (Å²) in [5, 5.41) is 6.25. The molecule has 3 rings (SSSR count). The fourth-order valence-electron chi connectivity index (χ4n) is 3.24. The first-order valence-corrected chi connectivity index (χ1v) is 8.41. The largest absolute Gasteiger partial charge is 0.337 e. The molecule has 1 aromatic carbocycles. The van der Waals surface area contributed by atoms with Gasteiger partial charge in [-0.05, 0) is 50.4 Å². The molecular formula is C17H24N4O2. The maximum atomic E-state index is 12.6. The molecule has 0 bridgehead atoms. The van der Waals surface area contributed by atoms with Crippen LogP contribution in [0, 0.1) is 5.92 Å². The monoisotopic (exact) mass is 316 g/mol. The summed E-state index contributed by atoms with van der Waals surface area (Å²) >= 11 is 0. The highest BCUT2D eigenvalue weighted by molar-refractivity contribution is 5.89. The van der Waals surface area contributed by atoms with Gasteiger partial charge in [0.1, 0.15) is 0 Å². The van der Waals surface area contributed by atoms with E-state index in [1.165, 1.54) is 4.57 Å². The van der Waals surface area contributed by atoms with Gasteiger partial charge in [0.2, 0.25) is 0 Å². The number of hydrogen-bond donors (Lipinski definition) is 2. The van der Waals surface area contributed by atoms with Crippen molar-refractivity contribution in [3.05, 3.63) is 34.7 Å². The van der Waals surface area contributed by atoms with Gasteiger partial charge in [-0.3, -0.25) is 4.57 Å². The normalized spacial score (nSPS) is 15.9. The minimum Gasteiger partial charge on any atom is -0.337 e. The van der Waals surface area contributed by atoms with E-state index in [-0.39, 0.29) is 11.7 Å². The van der Waals surface area contributed by atoms with Crippen LogP contribution in [0.2, 0.25) is 0 Å². The summed E-state index contributed by atoms with van der Waals surface area (Å²) in [5.74, 6) is 0.486. The zero-order chi connectivity index (χ0) is 16.2. The first-order chi connectivity index (χ1) is 11.2. The number of carbonyl (C=O) groups excluding carboxylic acids is 1. The Morgan fingerprint density at radius 2 is 1.96 bits per heavy atom. The Hall–Kier alpha value is -2.08. The molecule has 23 heavy (non-hydrogen) atoms. The lowest BCUT2D eigenvalue weighted by atomic mass is 9.98. The lowest BCUT2D eigenvalue weighted by Gasteiger charge is -2.22. The number of aryl methyl sites for hydroxylation is 1. The van der Waals surface area contributed by atoms with E-state index in [0.29, 0.717) is 24.5 Å². The number of piperidine rings is 1. The van der Waals surface area contributed by atoms with E-state index in [4.69, 9.17) is 0 Å². The molecular weight excluding hydrogens is 292 g/mol. The maximum absolute atomic E-state index is 12.6. The average Bonchev–Trinajstić information content (AvgIpc) is 2.86. The number of fused-ring (bicyclic) bond motifs is 1. The Labute approximate surface area is 135 Å². The zero-order valence-electron chi connectivity index (χ0n) is 13.5. The van der Waals surface area contributed by atoms with Crippen LogP contribution in [0.15, 0.2) is 29.1 Å². The Morgan fingerprint density at radius 3 is 2.65 bits per heavy atom. The van der Waals surface area contributed by atoms with Crippen molar-refractivity contribution in [2.75, 3.05) is 19.6 Å². The van der Waals surface area contributed by atoms with Gasteiger partial charge in [-0.2, -0.15) is 0 Å². The molecule has 1 aliphatic rings. The Morgan fingerprint density at radius 1 is 1.26 bits per heavy atom. The summed E-state index contributed by atoms with van der Waals surface area (Å²) in [4.78, 5) is 25.2. The number of hydrogen-bond acceptors (Lipinski definition) is 3. The molecule has 0 saturated carbocycles. The zero-order valence-corrected chi connectivity index (χ0v) is 13.5. The van der Waals surface area contributed by atoms with Gasteiger partial charge in [0.15, 0.2) is 0 Å². The number of nitrogens with zero attached hydrogens (tertiary/aromatic N) is 2. The standard InChI is InChI=1S/C17H24N4O2/c1-2-11-20-14-5-3-4-6-15(14)21(17(20)23)16(22)19-12-13-7-9-18-10-8-13/h3-6,13,18H,2,7-12H2,1H3,(H,19,22). The molecule has 1 amide bonds. The molecule has 0 radical (unpaired) electrons. The summed E-state index contributed by atoms with van der Waals surface area (Å²) in [6, 6.07) is 7.15. The van der Waals surface area contributed by atoms with Crippen LogP contribution in [-0.4, -0.2) is 34.8 Å². The Bertz CT molecular complexity index is 741. The van der Waals surface area contributed by atoms with Gasteiger partial charge in [-0.15, -0.1) is 0 Å². The molecule has 0 aliphatic carbocycles. The molecule has 1 fully saturated rings. The predicted octanol–water partition coefficient (Wildman–Crippen LogP) is 1.77. The number of rotatable bonds is 4. The van der Waals surface area contributed by atoms with Crippen molar-refractivity contribution < 1.29 is 4.79 Å². The lowest BCUT2D eigenvalue weighted by molar-refractivity contribution is 0.238. The highest BCUT2D eigenvalue weighted by atomic mass is 16.2. The van der Waals surface area contributed by atoms with Crippen LogP contribution in [0.1, 0.15) is 26.2 Å². The van der Waals surface area contributed by atoms with Crippen molar-refractivity contribution in [2.24, 2.45) is 5.92 Å². The molecule has 0 spiro atoms. The quantitative estimate of drug-likeness (QED) is 0.903. The average molecular weight is 316 g/mol. The minimum absolute atomic E-state index is 0.254. The SMILES string of the molecule is CCCn1c(=O)n(C(=O)NCC2CCNCC2)c2ccccc21. The van der Waals surface area contributed by atoms with E-state index in [2.05, 4.69) is 10.6 Å². The molecule has 2 N–H and O–H groups in total. The van der Waals surface area contributed by atoms with E-state index >= 15 is 0 Å². The topological polar surface area (TPSA) is 68.1 Å². The smallest absolute Gasteiger partial charge is 0.337 e. The molecule has 2 aromatic rings. The predicted molar refractivity (Wildman–Crippen MR) is 90.9 cm³/mol. The molecule has 1 aromatic heterocycles. The number of aromatic nitrogens is 2. The number of amides is 1. The number of nitrogens with one attached hydrogen (secondary N) is 2. The molecule has 124 valence electrons. The van der Waals surface area contributed by atoms with Crippen LogP contribution < -0.4 is 16.3 Å². The maximum Gasteiger partial charge on any atom is 0.337 e. The van der Waals surface area contributed by atoms with Crippen LogP contribution in [0.25, 0.3) is 11.0 Å². The van der Waals surface area contributed by atoms with Crippen LogP contribution in [0.3, 0.4) is 0 Å². The third-order valence-electron chi connectivity index (χ3n) is 4.49. The number of carbonyl (C=O) groups is 1. The van der Waals surface area contributed by atoms with Gasteiger partial charge >= 0.3 is 11.7 Å². The second-order valence-electron chi connectivity index (χ2n) is 6.14. The number of benzene rings is 1. The lowest BCUT2D eigenvalue weighted by Crippen LogP contribution is -2.41. The van der Waals surface area contributed by atoms with Crippen molar-refractivity contribution in [1.29, 1.82) is 0 Å². The second-order valence-corrected chi connectivity index (χ2v) is 6.14. The van der Waals surface area contributed by atoms with E-state index < -0.39 is 0 Å². The van der Waals surface area contributed by atoms with Gasteiger partial charge in [-0.1, -0.05) is 19.1 Å². The molecule has 1 saturated heterocycles. The first kappa shape index (κ1) is 15.8. The number of imidazole rings is 1. The van der Waals surface area contributed by atoms with Crippen molar-refractivity contribution in [3.63, 3.8) is 0 Å². The molecule has 1 aliphatic heterocycles. The Kier molecular flexibility index (Phi) is 4.81. The molecule has 6 heteroatoms. The van der Waals surface area contributed by atoms with Gasteiger partial charge in [0.25, 0.3) is 0 Å². The summed E-state index contributed by atoms with van der Waals surface area (Å²) in [7, 11) is 0. The number of para-hydroxylation sites is 2. The summed E-state index contributed by atoms with van der Waals surface area (Å²) in [6.07, 6.45) is 2.98. The van der Waals surface area contributed by atoms with E-state index in [1.54, 1.807) is 4.57 Å². The highest BCUT2D eigenvalue weighted by Gasteiger charge is 2.19. The van der Waals surface area contributed by atoms with E-state index in [0.717, 1.165) is 37.9 Å². The van der Waals surface area contributed by atoms with Gasteiger partial charge in [0, 0.05) is 13.1 Å². The minimum atomic E-state index is -0.320. The van der Waals surface area contributed by atoms with Crippen LogP contribution in [0.4, 0.5) is 4.79 Å². The van der Waals surface area contributed by atoms with Crippen molar-refractivity contribution >= 4 is 17.1 Å². The van der Waals surface area contributed by atoms with Gasteiger partial charge < -0.3 is 10.6 Å². The van der Waals surface area contributed by atoms with Gasteiger partial charge in [-0.25, -0.2) is 14.2 Å². The summed E-state index contributed by atoms with van der Waals surface area (Å²) in [5.41, 5.74) is 1.24. The third-order valence-corrected chi connectivity index (χ3v) is 4.49. The van der Waals surface area contributed by atoms with Crippen LogP contribution in [0.5, 0.6) is 0 Å². The molecule has 0 unspecified atom stereocenters. The fourth-order valence-corrected chi connectivity index (χ4v) is 3.24. The van der Waals surface area contributed by atoms with Crippen molar-refractivity contribution in [3.8, 4) is 0 Å². The van der Waals surface area contributed by atoms with Gasteiger partial charge in [0.05, 0.1) is 11.0 Å². The molecule has 6 nitrogen and oxygen atoms in total. The summed E-state index contributed by atoms with van der Waals surface area (Å²) < 4.78 is 2.95. The van der Waals surface area contributed by atoms with Crippen LogP contribution in [-0.2, 0) is 6.54 Å².